The minimum atomic E-state index is -0.330. The van der Waals surface area contributed by atoms with Gasteiger partial charge in [0.05, 0.1) is 18.5 Å². The number of fused-ring (bicyclic) bond motifs is 1. The highest BCUT2D eigenvalue weighted by molar-refractivity contribution is 5.91. The van der Waals surface area contributed by atoms with Gasteiger partial charge in [-0.25, -0.2) is 4.98 Å². The molecule has 124 valence electrons. The van der Waals surface area contributed by atoms with Crippen molar-refractivity contribution in [1.82, 2.24) is 20.0 Å². The van der Waals surface area contributed by atoms with Crippen LogP contribution in [-0.2, 0) is 11.3 Å². The second-order valence-electron chi connectivity index (χ2n) is 5.39. The Balaban J connectivity index is 1.45. The maximum absolute atomic E-state index is 11.8. The molecule has 0 fully saturated rings. The van der Waals surface area contributed by atoms with E-state index in [0.29, 0.717) is 6.54 Å². The van der Waals surface area contributed by atoms with E-state index in [4.69, 9.17) is 4.42 Å². The third-order valence-corrected chi connectivity index (χ3v) is 3.60. The Morgan fingerprint density at radius 3 is 2.83 bits per heavy atom. The van der Waals surface area contributed by atoms with Crippen LogP contribution in [0.3, 0.4) is 0 Å². The summed E-state index contributed by atoms with van der Waals surface area (Å²) < 4.78 is 6.95. The summed E-state index contributed by atoms with van der Waals surface area (Å²) in [4.78, 5) is 27.9. The van der Waals surface area contributed by atoms with Crippen molar-refractivity contribution in [3.63, 3.8) is 0 Å². The van der Waals surface area contributed by atoms with Crippen LogP contribution in [0.15, 0.2) is 47.2 Å². The van der Waals surface area contributed by atoms with Crippen LogP contribution in [0, 0.1) is 6.92 Å². The van der Waals surface area contributed by atoms with Crippen LogP contribution < -0.4 is 10.6 Å². The summed E-state index contributed by atoms with van der Waals surface area (Å²) in [6.07, 6.45) is 3.53. The number of aromatic nitrogens is 2. The highest BCUT2D eigenvalue weighted by Crippen LogP contribution is 2.08. The van der Waals surface area contributed by atoms with Crippen molar-refractivity contribution in [2.24, 2.45) is 0 Å². The minimum Gasteiger partial charge on any atom is -0.459 e. The lowest BCUT2D eigenvalue weighted by atomic mass is 10.3. The first-order valence-electron chi connectivity index (χ1n) is 7.65. The molecule has 3 heterocycles. The number of aryl methyl sites for hydroxylation is 1. The summed E-state index contributed by atoms with van der Waals surface area (Å²) in [5, 5.41) is 5.43. The molecule has 0 radical (unpaired) electrons. The van der Waals surface area contributed by atoms with Gasteiger partial charge in [-0.2, -0.15) is 0 Å². The molecule has 3 aromatic heterocycles. The van der Waals surface area contributed by atoms with Crippen LogP contribution in [0.2, 0.25) is 0 Å². The maximum atomic E-state index is 11.8. The Kier molecular flexibility index (Phi) is 4.60. The lowest BCUT2D eigenvalue weighted by molar-refractivity contribution is -0.121. The molecule has 2 amide bonds. The molecule has 3 aromatic rings. The SMILES string of the molecule is Cc1cccc2nc(CNC(=O)CCNC(=O)c3ccco3)cn12. The van der Waals surface area contributed by atoms with Gasteiger partial charge in [-0.05, 0) is 31.2 Å². The van der Waals surface area contributed by atoms with Crippen LogP contribution in [0.1, 0.15) is 28.4 Å². The molecule has 0 bridgehead atoms. The average molecular weight is 326 g/mol. The number of amides is 2. The van der Waals surface area contributed by atoms with Crippen molar-refractivity contribution in [3.8, 4) is 0 Å². The van der Waals surface area contributed by atoms with E-state index in [-0.39, 0.29) is 30.5 Å². The van der Waals surface area contributed by atoms with Gasteiger partial charge in [-0.1, -0.05) is 6.07 Å². The van der Waals surface area contributed by atoms with E-state index in [1.165, 1.54) is 6.26 Å². The van der Waals surface area contributed by atoms with E-state index in [1.807, 2.05) is 35.7 Å². The molecular weight excluding hydrogens is 308 g/mol. The van der Waals surface area contributed by atoms with E-state index in [1.54, 1.807) is 12.1 Å². The lowest BCUT2D eigenvalue weighted by Gasteiger charge is -2.04. The van der Waals surface area contributed by atoms with E-state index in [0.717, 1.165) is 17.0 Å². The molecule has 7 nitrogen and oxygen atoms in total. The van der Waals surface area contributed by atoms with E-state index < -0.39 is 0 Å². The Hall–Kier alpha value is -3.09. The molecule has 2 N–H and O–H groups in total. The van der Waals surface area contributed by atoms with Gasteiger partial charge in [0.15, 0.2) is 5.76 Å². The average Bonchev–Trinajstić information content (AvgIpc) is 3.23. The van der Waals surface area contributed by atoms with Crippen molar-refractivity contribution in [2.45, 2.75) is 19.9 Å². The van der Waals surface area contributed by atoms with Crippen molar-refractivity contribution < 1.29 is 14.0 Å². The third-order valence-electron chi connectivity index (χ3n) is 3.60. The van der Waals surface area contributed by atoms with Gasteiger partial charge >= 0.3 is 0 Å². The fourth-order valence-electron chi connectivity index (χ4n) is 2.35. The van der Waals surface area contributed by atoms with Gasteiger partial charge < -0.3 is 19.5 Å². The van der Waals surface area contributed by atoms with Gasteiger partial charge in [0, 0.05) is 24.9 Å². The molecule has 3 rings (SSSR count). The van der Waals surface area contributed by atoms with Gasteiger partial charge in [0.2, 0.25) is 5.91 Å². The second-order valence-corrected chi connectivity index (χ2v) is 5.39. The number of furan rings is 1. The number of hydrogen-bond acceptors (Lipinski definition) is 4. The largest absolute Gasteiger partial charge is 0.459 e. The Morgan fingerprint density at radius 2 is 2.08 bits per heavy atom. The number of nitrogens with zero attached hydrogens (tertiary/aromatic N) is 2. The van der Waals surface area contributed by atoms with E-state index in [9.17, 15) is 9.59 Å². The molecule has 0 aliphatic heterocycles. The van der Waals surface area contributed by atoms with Crippen LogP contribution in [0.5, 0.6) is 0 Å². The standard InChI is InChI=1S/C17H18N4O3/c1-12-4-2-6-15-20-13(11-21(12)15)10-19-16(22)7-8-18-17(23)14-5-3-9-24-14/h2-6,9,11H,7-8,10H2,1H3,(H,18,23)(H,19,22). The normalized spacial score (nSPS) is 10.7. The van der Waals surface area contributed by atoms with E-state index in [2.05, 4.69) is 15.6 Å². The smallest absolute Gasteiger partial charge is 0.286 e. The predicted molar refractivity (Wildman–Crippen MR) is 87.4 cm³/mol. The first kappa shape index (κ1) is 15.8. The van der Waals surface area contributed by atoms with E-state index >= 15 is 0 Å². The number of nitrogens with one attached hydrogen (secondary N) is 2. The minimum absolute atomic E-state index is 0.150. The lowest BCUT2D eigenvalue weighted by Crippen LogP contribution is -2.30. The van der Waals surface area contributed by atoms with Crippen molar-refractivity contribution in [3.05, 3.63) is 59.9 Å². The zero-order valence-corrected chi connectivity index (χ0v) is 13.3. The van der Waals surface area contributed by atoms with Gasteiger partial charge in [-0.3, -0.25) is 9.59 Å². The van der Waals surface area contributed by atoms with Crippen LogP contribution >= 0.6 is 0 Å². The summed E-state index contributed by atoms with van der Waals surface area (Å²) in [6.45, 7) is 2.60. The summed E-state index contributed by atoms with van der Waals surface area (Å²) in [6, 6.07) is 9.07. The summed E-state index contributed by atoms with van der Waals surface area (Å²) in [5.41, 5.74) is 2.72. The van der Waals surface area contributed by atoms with Crippen LogP contribution in [0.25, 0.3) is 5.65 Å². The molecule has 0 saturated heterocycles. The van der Waals surface area contributed by atoms with Gasteiger partial charge in [0.1, 0.15) is 5.65 Å². The number of pyridine rings is 1. The van der Waals surface area contributed by atoms with Crippen molar-refractivity contribution >= 4 is 17.5 Å². The quantitative estimate of drug-likeness (QED) is 0.721. The van der Waals surface area contributed by atoms with Crippen molar-refractivity contribution in [2.75, 3.05) is 6.54 Å². The summed E-state index contributed by atoms with van der Waals surface area (Å²) >= 11 is 0. The maximum Gasteiger partial charge on any atom is 0.286 e. The third kappa shape index (κ3) is 3.62. The monoisotopic (exact) mass is 326 g/mol. The molecule has 0 atom stereocenters. The fraction of sp³-hybridized carbons (Fsp3) is 0.235. The zero-order chi connectivity index (χ0) is 16.9. The van der Waals surface area contributed by atoms with Crippen LogP contribution in [0.4, 0.5) is 0 Å². The second kappa shape index (κ2) is 6.99. The fourth-order valence-corrected chi connectivity index (χ4v) is 2.35. The molecule has 0 aromatic carbocycles. The molecule has 24 heavy (non-hydrogen) atoms. The number of rotatable bonds is 6. The molecule has 0 saturated carbocycles. The molecular formula is C17H18N4O3. The van der Waals surface area contributed by atoms with Crippen molar-refractivity contribution in [1.29, 1.82) is 0 Å². The van der Waals surface area contributed by atoms with Gasteiger partial charge in [0.25, 0.3) is 5.91 Å². The Bertz CT molecular complexity index is 852. The van der Waals surface area contributed by atoms with Gasteiger partial charge in [-0.15, -0.1) is 0 Å². The topological polar surface area (TPSA) is 88.6 Å². The first-order valence-corrected chi connectivity index (χ1v) is 7.65. The number of imidazole rings is 1. The predicted octanol–water partition coefficient (Wildman–Crippen LogP) is 1.67. The van der Waals surface area contributed by atoms with Crippen LogP contribution in [-0.4, -0.2) is 27.7 Å². The molecule has 0 spiro atoms. The molecule has 7 heteroatoms. The first-order chi connectivity index (χ1) is 11.6. The Labute approximate surface area is 138 Å². The Morgan fingerprint density at radius 1 is 1.21 bits per heavy atom. The highest BCUT2D eigenvalue weighted by atomic mass is 16.3. The zero-order valence-electron chi connectivity index (χ0n) is 13.3. The summed E-state index contributed by atoms with van der Waals surface area (Å²) in [5.74, 6) is -0.248. The molecule has 0 unspecified atom stereocenters. The molecule has 0 aliphatic carbocycles. The number of carbonyl (C=O) groups excluding carboxylic acids is 2. The highest BCUT2D eigenvalue weighted by Gasteiger charge is 2.09. The molecule has 0 aliphatic rings. The number of hydrogen-bond donors (Lipinski definition) is 2. The summed E-state index contributed by atoms with van der Waals surface area (Å²) in [7, 11) is 0. The number of carbonyl (C=O) groups is 2.